The van der Waals surface area contributed by atoms with Crippen LogP contribution in [-0.4, -0.2) is 46.6 Å². The molecule has 1 amide bonds. The summed E-state index contributed by atoms with van der Waals surface area (Å²) in [4.78, 5) is 36.1. The molecule has 1 heterocycles. The zero-order valence-electron chi connectivity index (χ0n) is 23.2. The largest absolute Gasteiger partial charge is 1.00 e. The van der Waals surface area contributed by atoms with Crippen LogP contribution in [0.1, 0.15) is 63.8 Å². The molecule has 6 nitrogen and oxygen atoms in total. The second kappa shape index (κ2) is 12.6. The number of carboxylic acids is 1. The molecular formula is C23H33NNaO5P. The van der Waals surface area contributed by atoms with E-state index in [1.807, 2.05) is 0 Å². The fourth-order valence-electron chi connectivity index (χ4n) is 4.76. The van der Waals surface area contributed by atoms with Gasteiger partial charge in [-0.05, 0) is 43.1 Å². The molecule has 1 N–H and O–H groups in total. The van der Waals surface area contributed by atoms with Crippen molar-refractivity contribution in [2.75, 3.05) is 18.9 Å². The fraction of sp³-hybridized carbons (Fsp3) is 0.652. The number of carbonyl (C=O) groups is 2. The van der Waals surface area contributed by atoms with Crippen molar-refractivity contribution >= 4 is 19.2 Å². The van der Waals surface area contributed by atoms with E-state index in [1.54, 1.807) is 0 Å². The summed E-state index contributed by atoms with van der Waals surface area (Å²) in [5.41, 5.74) is 0.155. The van der Waals surface area contributed by atoms with Gasteiger partial charge in [0.1, 0.15) is 6.16 Å². The number of benzene rings is 1. The average Bonchev–Trinajstić information content (AvgIpc) is 3.27. The minimum atomic E-state index is -3.88. The predicted molar refractivity (Wildman–Crippen MR) is 114 cm³/mol. The van der Waals surface area contributed by atoms with Gasteiger partial charge in [0.15, 0.2) is 0 Å². The van der Waals surface area contributed by atoms with Gasteiger partial charge in [-0.25, -0.2) is 0 Å². The molecule has 31 heavy (non-hydrogen) atoms. The van der Waals surface area contributed by atoms with Gasteiger partial charge in [-0.3, -0.25) is 9.36 Å². The minimum absolute atomic E-state index is 0. The van der Waals surface area contributed by atoms with E-state index in [4.69, 9.17) is 6.85 Å². The topological polar surface area (TPSA) is 97.7 Å². The van der Waals surface area contributed by atoms with Gasteiger partial charge in [0.25, 0.3) is 0 Å². The molecule has 2 fully saturated rings. The number of hydrogen-bond donors (Lipinski definition) is 1. The van der Waals surface area contributed by atoms with Crippen molar-refractivity contribution in [1.82, 2.24) is 4.90 Å². The first-order chi connectivity index (χ1) is 16.4. The zero-order valence-corrected chi connectivity index (χ0v) is 21.1. The number of carbonyl (C=O) groups excluding carboxylic acids is 2. The maximum absolute atomic E-state index is 12.8. The van der Waals surface area contributed by atoms with E-state index in [0.29, 0.717) is 18.8 Å². The van der Waals surface area contributed by atoms with Crippen molar-refractivity contribution in [1.29, 1.82) is 0 Å². The van der Waals surface area contributed by atoms with E-state index in [0.717, 1.165) is 25.7 Å². The van der Waals surface area contributed by atoms with Gasteiger partial charge in [0.05, 0.1) is 18.9 Å². The summed E-state index contributed by atoms with van der Waals surface area (Å²) < 4.78 is 51.7. The van der Waals surface area contributed by atoms with Crippen LogP contribution in [0.2, 0.25) is 0 Å². The Kier molecular flexibility index (Phi) is 8.01. The second-order valence-corrected chi connectivity index (χ2v) is 11.0. The molecule has 0 radical (unpaired) electrons. The molecule has 1 unspecified atom stereocenters. The molecule has 2 aliphatic rings. The van der Waals surface area contributed by atoms with Crippen molar-refractivity contribution in [2.24, 2.45) is 11.8 Å². The number of likely N-dealkylation sites (tertiary alicyclic amines) is 1. The molecular weight excluding hydrogens is 424 g/mol. The number of nitrogens with zero attached hydrogens (tertiary/aromatic N) is 1. The van der Waals surface area contributed by atoms with Gasteiger partial charge in [-0.15, -0.1) is 0 Å². The number of unbranched alkanes of at least 4 members (excludes halogenated alkanes) is 1. The van der Waals surface area contributed by atoms with Gasteiger partial charge >= 0.3 is 29.6 Å². The second-order valence-electron chi connectivity index (χ2n) is 8.56. The average molecular weight is 463 g/mol. The molecule has 0 spiro atoms. The summed E-state index contributed by atoms with van der Waals surface area (Å²) in [6, 6.07) is -2.94. The number of carboxylic acid groups (broad SMARTS) is 1. The Balaban J connectivity index is 0.00000456. The summed E-state index contributed by atoms with van der Waals surface area (Å²) >= 11 is 0. The molecule has 3 atom stereocenters. The zero-order chi connectivity index (χ0) is 25.9. The first-order valence-corrected chi connectivity index (χ1v) is 12.8. The van der Waals surface area contributed by atoms with E-state index in [-0.39, 0.29) is 78.7 Å². The number of amides is 1. The van der Waals surface area contributed by atoms with Gasteiger partial charge < -0.3 is 19.7 Å². The van der Waals surface area contributed by atoms with Crippen molar-refractivity contribution in [3.63, 3.8) is 0 Å². The van der Waals surface area contributed by atoms with Gasteiger partial charge in [0.2, 0.25) is 13.3 Å². The first-order valence-electron chi connectivity index (χ1n) is 13.3. The van der Waals surface area contributed by atoms with E-state index < -0.39 is 49.6 Å². The summed E-state index contributed by atoms with van der Waals surface area (Å²) in [7, 11) is -3.88. The molecule has 1 aliphatic heterocycles. The van der Waals surface area contributed by atoms with Crippen LogP contribution in [0.4, 0.5) is 0 Å². The van der Waals surface area contributed by atoms with Crippen molar-refractivity contribution in [2.45, 2.75) is 63.8 Å². The Morgan fingerprint density at radius 3 is 2.45 bits per heavy atom. The van der Waals surface area contributed by atoms with Crippen LogP contribution >= 0.6 is 7.37 Å². The van der Waals surface area contributed by atoms with Crippen LogP contribution in [0.3, 0.4) is 0 Å². The molecule has 3 rings (SSSR count). The van der Waals surface area contributed by atoms with Crippen LogP contribution in [-0.2, 0) is 20.6 Å². The molecule has 1 aromatic rings. The minimum Gasteiger partial charge on any atom is -0.548 e. The third-order valence-corrected chi connectivity index (χ3v) is 8.14. The van der Waals surface area contributed by atoms with Crippen LogP contribution in [0.25, 0.3) is 0 Å². The smallest absolute Gasteiger partial charge is 0.548 e. The van der Waals surface area contributed by atoms with Crippen LogP contribution in [0, 0.1) is 11.8 Å². The summed E-state index contributed by atoms with van der Waals surface area (Å²) in [5.74, 6) is -1.54. The number of aliphatic carboxylic acids is 1. The van der Waals surface area contributed by atoms with Crippen LogP contribution in [0.5, 0.6) is 0 Å². The Hall–Kier alpha value is -0.650. The fourth-order valence-corrected chi connectivity index (χ4v) is 6.24. The van der Waals surface area contributed by atoms with Gasteiger partial charge in [-0.1, -0.05) is 62.3 Å². The van der Waals surface area contributed by atoms with Gasteiger partial charge in [-0.2, -0.15) is 0 Å². The Bertz CT molecular complexity index is 994. The normalized spacial score (nSPS) is 26.0. The Labute approximate surface area is 214 Å². The molecule has 0 bridgehead atoms. The summed E-state index contributed by atoms with van der Waals surface area (Å²) in [5, 5.41) is 11.7. The quantitative estimate of drug-likeness (QED) is 0.312. The van der Waals surface area contributed by atoms with E-state index in [9.17, 15) is 24.2 Å². The Morgan fingerprint density at radius 1 is 1.13 bits per heavy atom. The Morgan fingerprint density at radius 2 is 1.81 bits per heavy atom. The maximum Gasteiger partial charge on any atom is 1.00 e. The van der Waals surface area contributed by atoms with Crippen LogP contribution in [0.15, 0.2) is 30.2 Å². The van der Waals surface area contributed by atoms with E-state index in [2.05, 4.69) is 0 Å². The van der Waals surface area contributed by atoms with Crippen molar-refractivity contribution < 1.29 is 60.6 Å². The first kappa shape index (κ1) is 19.8. The van der Waals surface area contributed by atoms with Crippen molar-refractivity contribution in [3.8, 4) is 0 Å². The molecule has 1 saturated carbocycles. The van der Waals surface area contributed by atoms with E-state index in [1.165, 1.54) is 11.3 Å². The van der Waals surface area contributed by atoms with Crippen LogP contribution < -0.4 is 34.7 Å². The van der Waals surface area contributed by atoms with Crippen molar-refractivity contribution in [3.05, 3.63) is 35.8 Å². The molecule has 166 valence electrons. The summed E-state index contributed by atoms with van der Waals surface area (Å²) in [6.45, 7) is 0.275. The van der Waals surface area contributed by atoms with E-state index >= 15 is 0 Å². The maximum atomic E-state index is 12.8. The standard InChI is InChI=1S/C23H34NO5P.Na/c25-22(17-30(28,29)14-8-7-11-18-9-3-1-4-10-18)24-16-20(15-21(24)23(26)27)19-12-5-2-6-13-19;/h1,3-4,9-10,19-21H,2,5-8,11-17H2,(H,26,27)(H,28,29);/q;+1/p-1/t20-,21+;/m1./s1/i1D,3D,4D,9D,10D;. The van der Waals surface area contributed by atoms with Gasteiger partial charge in [0, 0.05) is 12.7 Å². The molecule has 1 saturated heterocycles. The molecule has 1 aromatic carbocycles. The molecule has 0 aromatic heterocycles. The SMILES string of the molecule is [2H]c1c([2H])c([2H])c(CCCCP(=O)(O)CC(=O)N2C[C@H](C3CCCCC3)C[C@H]2C(=O)[O-])c([2H])c1[2H].[Na+]. The number of rotatable bonds is 9. The predicted octanol–water partition coefficient (Wildman–Crippen LogP) is -0.169. The summed E-state index contributed by atoms with van der Waals surface area (Å²) in [6.07, 6.45) is 5.57. The third-order valence-electron chi connectivity index (χ3n) is 6.36. The molecule has 1 aliphatic carbocycles. The third kappa shape index (κ3) is 8.01. The number of hydrogen-bond acceptors (Lipinski definition) is 4. The monoisotopic (exact) mass is 462 g/mol. The molecule has 8 heteroatoms.